The molecular weight excluding hydrogens is 166 g/mol. The molecule has 0 saturated carbocycles. The fourth-order valence-electron chi connectivity index (χ4n) is 1.02. The van der Waals surface area contributed by atoms with Gasteiger partial charge in [-0.3, -0.25) is 9.89 Å². The van der Waals surface area contributed by atoms with E-state index in [1.165, 1.54) is 0 Å². The van der Waals surface area contributed by atoms with E-state index in [1.54, 1.807) is 12.3 Å². The predicted octanol–water partition coefficient (Wildman–Crippen LogP) is 0.868. The molecule has 0 unspecified atom stereocenters. The molecule has 0 atom stereocenters. The number of amides is 1. The van der Waals surface area contributed by atoms with E-state index < -0.39 is 0 Å². The lowest BCUT2D eigenvalue weighted by Gasteiger charge is -2.01. The number of carbonyl (C=O) groups excluding carboxylic acids is 1. The number of hydrogen-bond donors (Lipinski definition) is 2. The van der Waals surface area contributed by atoms with Crippen LogP contribution in [-0.2, 0) is 11.2 Å². The van der Waals surface area contributed by atoms with E-state index in [0.717, 1.165) is 25.1 Å². The van der Waals surface area contributed by atoms with Crippen molar-refractivity contribution < 1.29 is 4.79 Å². The first-order valence-corrected chi connectivity index (χ1v) is 4.58. The Morgan fingerprint density at radius 1 is 1.69 bits per heavy atom. The van der Waals surface area contributed by atoms with Gasteiger partial charge in [0.2, 0.25) is 5.91 Å². The van der Waals surface area contributed by atoms with Crippen LogP contribution in [0.15, 0.2) is 12.3 Å². The van der Waals surface area contributed by atoms with Gasteiger partial charge in [-0.15, -0.1) is 0 Å². The van der Waals surface area contributed by atoms with E-state index in [9.17, 15) is 4.79 Å². The summed E-state index contributed by atoms with van der Waals surface area (Å²) in [6.45, 7) is 2.87. The largest absolute Gasteiger partial charge is 0.356 e. The molecular formula is C9H15N3O. The molecule has 1 aromatic heterocycles. The maximum Gasteiger partial charge on any atom is 0.225 e. The van der Waals surface area contributed by atoms with Gasteiger partial charge in [0.05, 0.1) is 6.42 Å². The van der Waals surface area contributed by atoms with Crippen LogP contribution in [0, 0.1) is 0 Å². The first-order valence-electron chi connectivity index (χ1n) is 4.58. The summed E-state index contributed by atoms with van der Waals surface area (Å²) >= 11 is 0. The zero-order chi connectivity index (χ0) is 9.52. The summed E-state index contributed by atoms with van der Waals surface area (Å²) in [5.41, 5.74) is 0.856. The van der Waals surface area contributed by atoms with Gasteiger partial charge < -0.3 is 5.32 Å². The molecule has 1 aromatic rings. The second kappa shape index (κ2) is 5.35. The Kier molecular flexibility index (Phi) is 4.02. The molecule has 2 N–H and O–H groups in total. The van der Waals surface area contributed by atoms with Crippen molar-refractivity contribution in [2.75, 3.05) is 6.54 Å². The molecule has 0 spiro atoms. The highest BCUT2D eigenvalue weighted by molar-refractivity contribution is 5.77. The SMILES string of the molecule is CCCCNC(=O)Cc1ccn[nH]1. The molecule has 0 aliphatic rings. The van der Waals surface area contributed by atoms with E-state index in [1.807, 2.05) is 0 Å². The highest BCUT2D eigenvalue weighted by Crippen LogP contribution is 1.92. The Hall–Kier alpha value is -1.32. The van der Waals surface area contributed by atoms with E-state index >= 15 is 0 Å². The molecule has 0 aliphatic carbocycles. The third kappa shape index (κ3) is 3.73. The fourth-order valence-corrected chi connectivity index (χ4v) is 1.02. The molecule has 0 radical (unpaired) electrons. The van der Waals surface area contributed by atoms with E-state index in [0.29, 0.717) is 6.42 Å². The molecule has 1 heterocycles. The van der Waals surface area contributed by atoms with Crippen LogP contribution in [0.25, 0.3) is 0 Å². The third-order valence-electron chi connectivity index (χ3n) is 1.76. The minimum Gasteiger partial charge on any atom is -0.356 e. The standard InChI is InChI=1S/C9H15N3O/c1-2-3-5-10-9(13)7-8-4-6-11-12-8/h4,6H,2-3,5,7H2,1H3,(H,10,13)(H,11,12). The Labute approximate surface area is 77.7 Å². The zero-order valence-corrected chi connectivity index (χ0v) is 7.84. The smallest absolute Gasteiger partial charge is 0.225 e. The predicted molar refractivity (Wildman–Crippen MR) is 50.2 cm³/mol. The monoisotopic (exact) mass is 181 g/mol. The molecule has 0 bridgehead atoms. The van der Waals surface area contributed by atoms with Crippen molar-refractivity contribution in [3.63, 3.8) is 0 Å². The van der Waals surface area contributed by atoms with Gasteiger partial charge in [0, 0.05) is 18.4 Å². The van der Waals surface area contributed by atoms with Gasteiger partial charge in [-0.1, -0.05) is 13.3 Å². The average Bonchev–Trinajstić information content (AvgIpc) is 2.57. The number of nitrogens with one attached hydrogen (secondary N) is 2. The average molecular weight is 181 g/mol. The Morgan fingerprint density at radius 3 is 3.15 bits per heavy atom. The van der Waals surface area contributed by atoms with Crippen molar-refractivity contribution in [2.45, 2.75) is 26.2 Å². The van der Waals surface area contributed by atoms with Crippen LogP contribution in [0.5, 0.6) is 0 Å². The maximum absolute atomic E-state index is 11.2. The lowest BCUT2D eigenvalue weighted by molar-refractivity contribution is -0.120. The number of H-pyrrole nitrogens is 1. The van der Waals surface area contributed by atoms with E-state index in [-0.39, 0.29) is 5.91 Å². The summed E-state index contributed by atoms with van der Waals surface area (Å²) in [5.74, 6) is 0.0534. The minimum absolute atomic E-state index is 0.0534. The van der Waals surface area contributed by atoms with Crippen molar-refractivity contribution in [3.8, 4) is 0 Å². The van der Waals surface area contributed by atoms with Crippen LogP contribution in [-0.4, -0.2) is 22.6 Å². The summed E-state index contributed by atoms with van der Waals surface area (Å²) in [6.07, 6.45) is 4.18. The third-order valence-corrected chi connectivity index (χ3v) is 1.76. The number of aromatic nitrogens is 2. The van der Waals surface area contributed by atoms with Gasteiger partial charge in [-0.25, -0.2) is 0 Å². The maximum atomic E-state index is 11.2. The second-order valence-electron chi connectivity index (χ2n) is 2.96. The molecule has 72 valence electrons. The Morgan fingerprint density at radius 2 is 2.54 bits per heavy atom. The molecule has 0 fully saturated rings. The van der Waals surface area contributed by atoms with Crippen molar-refractivity contribution in [1.82, 2.24) is 15.5 Å². The van der Waals surface area contributed by atoms with Gasteiger partial charge >= 0.3 is 0 Å². The molecule has 1 amide bonds. The normalized spacial score (nSPS) is 9.92. The molecule has 13 heavy (non-hydrogen) atoms. The first kappa shape index (κ1) is 9.77. The van der Waals surface area contributed by atoms with E-state index in [2.05, 4.69) is 22.4 Å². The molecule has 0 saturated heterocycles. The Bertz CT molecular complexity index is 243. The van der Waals surface area contributed by atoms with Crippen molar-refractivity contribution in [3.05, 3.63) is 18.0 Å². The lowest BCUT2D eigenvalue weighted by Crippen LogP contribution is -2.26. The second-order valence-corrected chi connectivity index (χ2v) is 2.96. The van der Waals surface area contributed by atoms with Crippen LogP contribution in [0.3, 0.4) is 0 Å². The fraction of sp³-hybridized carbons (Fsp3) is 0.556. The highest BCUT2D eigenvalue weighted by Gasteiger charge is 2.02. The van der Waals surface area contributed by atoms with Gasteiger partial charge in [0.25, 0.3) is 0 Å². The van der Waals surface area contributed by atoms with Crippen LogP contribution >= 0.6 is 0 Å². The number of carbonyl (C=O) groups is 1. The van der Waals surface area contributed by atoms with Crippen LogP contribution < -0.4 is 5.32 Å². The van der Waals surface area contributed by atoms with Crippen molar-refractivity contribution in [1.29, 1.82) is 0 Å². The van der Waals surface area contributed by atoms with Crippen molar-refractivity contribution >= 4 is 5.91 Å². The van der Waals surface area contributed by atoms with Gasteiger partial charge in [0.1, 0.15) is 0 Å². The summed E-state index contributed by atoms with van der Waals surface area (Å²) in [6, 6.07) is 1.80. The van der Waals surface area contributed by atoms with Crippen molar-refractivity contribution in [2.24, 2.45) is 0 Å². The molecule has 0 aliphatic heterocycles. The quantitative estimate of drug-likeness (QED) is 0.662. The summed E-state index contributed by atoms with van der Waals surface area (Å²) in [5, 5.41) is 9.35. The number of aromatic amines is 1. The van der Waals surface area contributed by atoms with Gasteiger partial charge in [-0.05, 0) is 12.5 Å². The van der Waals surface area contributed by atoms with Crippen LogP contribution in [0.4, 0.5) is 0 Å². The lowest BCUT2D eigenvalue weighted by atomic mass is 10.3. The minimum atomic E-state index is 0.0534. The molecule has 4 heteroatoms. The first-order chi connectivity index (χ1) is 6.33. The molecule has 4 nitrogen and oxygen atoms in total. The highest BCUT2D eigenvalue weighted by atomic mass is 16.1. The number of nitrogens with zero attached hydrogens (tertiary/aromatic N) is 1. The number of unbranched alkanes of at least 4 members (excludes halogenated alkanes) is 1. The topological polar surface area (TPSA) is 57.8 Å². The summed E-state index contributed by atoms with van der Waals surface area (Å²) < 4.78 is 0. The van der Waals surface area contributed by atoms with Gasteiger partial charge in [0.15, 0.2) is 0 Å². The van der Waals surface area contributed by atoms with E-state index in [4.69, 9.17) is 0 Å². The number of hydrogen-bond acceptors (Lipinski definition) is 2. The van der Waals surface area contributed by atoms with Crippen LogP contribution in [0.1, 0.15) is 25.5 Å². The Balaban J connectivity index is 2.18. The molecule has 0 aromatic carbocycles. The van der Waals surface area contributed by atoms with Crippen LogP contribution in [0.2, 0.25) is 0 Å². The summed E-state index contributed by atoms with van der Waals surface area (Å²) in [7, 11) is 0. The van der Waals surface area contributed by atoms with Gasteiger partial charge in [-0.2, -0.15) is 5.10 Å². The summed E-state index contributed by atoms with van der Waals surface area (Å²) in [4.78, 5) is 11.2. The number of rotatable bonds is 5. The molecule has 1 rings (SSSR count). The zero-order valence-electron chi connectivity index (χ0n) is 7.84.